The van der Waals surface area contributed by atoms with Crippen LogP contribution in [0.25, 0.3) is 0 Å². The minimum absolute atomic E-state index is 0.0189. The van der Waals surface area contributed by atoms with Gasteiger partial charge < -0.3 is 14.5 Å². The zero-order valence-corrected chi connectivity index (χ0v) is 16.2. The number of nitrogens with zero attached hydrogens (tertiary/aromatic N) is 2. The molecule has 5 nitrogen and oxygen atoms in total. The summed E-state index contributed by atoms with van der Waals surface area (Å²) < 4.78 is 5.61. The van der Waals surface area contributed by atoms with E-state index in [1.807, 2.05) is 32.6 Å². The maximum Gasteiger partial charge on any atom is 0.253 e. The molecule has 1 fully saturated rings. The van der Waals surface area contributed by atoms with Gasteiger partial charge in [-0.15, -0.1) is 0 Å². The molecular formula is C19H27ClN2O3. The Bertz CT molecular complexity index is 631. The van der Waals surface area contributed by atoms with Gasteiger partial charge in [0.15, 0.2) is 0 Å². The van der Waals surface area contributed by atoms with Crippen molar-refractivity contribution >= 4 is 23.4 Å². The molecule has 1 aromatic rings. The molecule has 6 heteroatoms. The van der Waals surface area contributed by atoms with Crippen LogP contribution in [0.5, 0.6) is 5.75 Å². The molecular weight excluding hydrogens is 340 g/mol. The van der Waals surface area contributed by atoms with Gasteiger partial charge in [0.25, 0.3) is 5.91 Å². The number of hydrogen-bond acceptors (Lipinski definition) is 3. The molecule has 0 spiro atoms. The lowest BCUT2D eigenvalue weighted by atomic mass is 10.2. The second kappa shape index (κ2) is 8.56. The molecule has 2 amide bonds. The van der Waals surface area contributed by atoms with Crippen LogP contribution in [0.1, 0.15) is 44.5 Å². The van der Waals surface area contributed by atoms with Crippen LogP contribution in [0, 0.1) is 5.92 Å². The first-order valence-electron chi connectivity index (χ1n) is 8.84. The van der Waals surface area contributed by atoms with E-state index in [4.69, 9.17) is 16.3 Å². The molecule has 0 aliphatic carbocycles. The summed E-state index contributed by atoms with van der Waals surface area (Å²) in [5.41, 5.74) is 0.546. The number of carbonyl (C=O) groups excluding carboxylic acids is 2. The Morgan fingerprint density at radius 2 is 1.68 bits per heavy atom. The van der Waals surface area contributed by atoms with Crippen molar-refractivity contribution in [3.8, 4) is 5.75 Å². The Morgan fingerprint density at radius 3 is 2.28 bits per heavy atom. The summed E-state index contributed by atoms with van der Waals surface area (Å²) >= 11 is 6.24. The third-order valence-corrected chi connectivity index (χ3v) is 4.43. The third-order valence-electron chi connectivity index (χ3n) is 4.13. The van der Waals surface area contributed by atoms with Gasteiger partial charge in [-0.3, -0.25) is 9.59 Å². The largest absolute Gasteiger partial charge is 0.489 e. The second-order valence-electron chi connectivity index (χ2n) is 6.94. The van der Waals surface area contributed by atoms with Crippen LogP contribution in [0.2, 0.25) is 5.02 Å². The molecule has 0 bridgehead atoms. The number of halogens is 1. The zero-order valence-electron chi connectivity index (χ0n) is 15.4. The lowest BCUT2D eigenvalue weighted by molar-refractivity contribution is -0.134. The van der Waals surface area contributed by atoms with Crippen molar-refractivity contribution in [1.82, 2.24) is 9.80 Å². The maximum absolute atomic E-state index is 12.8. The van der Waals surface area contributed by atoms with Crippen LogP contribution < -0.4 is 4.74 Å². The highest BCUT2D eigenvalue weighted by Crippen LogP contribution is 2.27. The summed E-state index contributed by atoms with van der Waals surface area (Å²) in [6.07, 6.45) is 0.807. The number of rotatable bonds is 4. The summed E-state index contributed by atoms with van der Waals surface area (Å²) in [5, 5.41) is 0.436. The normalized spacial score (nSPS) is 15.5. The highest BCUT2D eigenvalue weighted by Gasteiger charge is 2.24. The predicted molar refractivity (Wildman–Crippen MR) is 99.2 cm³/mol. The maximum atomic E-state index is 12.8. The predicted octanol–water partition coefficient (Wildman–Crippen LogP) is 3.46. The summed E-state index contributed by atoms with van der Waals surface area (Å²) in [7, 11) is 0. The second-order valence-corrected chi connectivity index (χ2v) is 7.34. The number of hydrogen-bond donors (Lipinski definition) is 0. The van der Waals surface area contributed by atoms with Gasteiger partial charge in [0.05, 0.1) is 11.1 Å². The van der Waals surface area contributed by atoms with Crippen LogP contribution in [0.15, 0.2) is 18.2 Å². The fourth-order valence-electron chi connectivity index (χ4n) is 2.87. The molecule has 25 heavy (non-hydrogen) atoms. The molecule has 1 aliphatic heterocycles. The third kappa shape index (κ3) is 5.11. The summed E-state index contributed by atoms with van der Waals surface area (Å²) in [6, 6.07) is 5.14. The molecule has 0 N–H and O–H groups in total. The minimum Gasteiger partial charge on any atom is -0.489 e. The van der Waals surface area contributed by atoms with Gasteiger partial charge in [0, 0.05) is 37.7 Å². The molecule has 0 unspecified atom stereocenters. The lowest BCUT2D eigenvalue weighted by Gasteiger charge is -2.23. The average molecular weight is 367 g/mol. The van der Waals surface area contributed by atoms with E-state index in [-0.39, 0.29) is 23.8 Å². The Hall–Kier alpha value is -1.75. The molecule has 0 aromatic heterocycles. The van der Waals surface area contributed by atoms with Gasteiger partial charge in [-0.05, 0) is 38.5 Å². The summed E-state index contributed by atoms with van der Waals surface area (Å²) in [5.74, 6) is 0.650. The minimum atomic E-state index is -0.0585. The Morgan fingerprint density at radius 1 is 1.04 bits per heavy atom. The van der Waals surface area contributed by atoms with Gasteiger partial charge >= 0.3 is 0 Å². The molecule has 2 rings (SSSR count). The van der Waals surface area contributed by atoms with Crippen LogP contribution in [-0.2, 0) is 4.79 Å². The first kappa shape index (κ1) is 19.6. The fraction of sp³-hybridized carbons (Fsp3) is 0.579. The van der Waals surface area contributed by atoms with E-state index in [9.17, 15) is 9.59 Å². The number of benzene rings is 1. The highest BCUT2D eigenvalue weighted by molar-refractivity contribution is 6.32. The van der Waals surface area contributed by atoms with E-state index in [0.29, 0.717) is 42.5 Å². The van der Waals surface area contributed by atoms with Crippen LogP contribution in [0.4, 0.5) is 0 Å². The van der Waals surface area contributed by atoms with E-state index < -0.39 is 0 Å². The van der Waals surface area contributed by atoms with Gasteiger partial charge in [0.1, 0.15) is 5.75 Å². The average Bonchev–Trinajstić information content (AvgIpc) is 2.80. The molecule has 0 saturated carbocycles. The molecule has 1 heterocycles. The first-order chi connectivity index (χ1) is 11.8. The Labute approximate surface area is 154 Å². The van der Waals surface area contributed by atoms with Crippen molar-refractivity contribution in [2.24, 2.45) is 5.92 Å². The van der Waals surface area contributed by atoms with Crippen LogP contribution >= 0.6 is 11.6 Å². The van der Waals surface area contributed by atoms with Crippen molar-refractivity contribution in [3.63, 3.8) is 0 Å². The van der Waals surface area contributed by atoms with Gasteiger partial charge in [-0.1, -0.05) is 25.4 Å². The fourth-order valence-corrected chi connectivity index (χ4v) is 3.10. The first-order valence-corrected chi connectivity index (χ1v) is 9.21. The van der Waals surface area contributed by atoms with Crippen molar-refractivity contribution < 1.29 is 14.3 Å². The van der Waals surface area contributed by atoms with E-state index in [1.165, 1.54) is 0 Å². The standard InChI is InChI=1S/C19H27ClN2O3/c1-13(2)18(23)21-8-5-9-22(11-10-21)19(24)15-6-7-17(16(20)12-15)25-14(3)4/h6-7,12-14H,5,8-11H2,1-4H3. The van der Waals surface area contributed by atoms with Gasteiger partial charge in [0.2, 0.25) is 5.91 Å². The number of carbonyl (C=O) groups is 2. The van der Waals surface area contributed by atoms with Gasteiger partial charge in [-0.2, -0.15) is 0 Å². The summed E-state index contributed by atoms with van der Waals surface area (Å²) in [6.45, 7) is 10.1. The van der Waals surface area contributed by atoms with E-state index in [2.05, 4.69) is 0 Å². The van der Waals surface area contributed by atoms with E-state index in [0.717, 1.165) is 6.42 Å². The number of amides is 2. The molecule has 1 saturated heterocycles. The molecule has 0 radical (unpaired) electrons. The Kier molecular flexibility index (Phi) is 6.71. The van der Waals surface area contributed by atoms with Crippen molar-refractivity contribution in [3.05, 3.63) is 28.8 Å². The summed E-state index contributed by atoms with van der Waals surface area (Å²) in [4.78, 5) is 28.6. The molecule has 138 valence electrons. The zero-order chi connectivity index (χ0) is 18.6. The Balaban J connectivity index is 2.05. The van der Waals surface area contributed by atoms with E-state index in [1.54, 1.807) is 23.1 Å². The molecule has 0 atom stereocenters. The van der Waals surface area contributed by atoms with Gasteiger partial charge in [-0.25, -0.2) is 0 Å². The van der Waals surface area contributed by atoms with Crippen molar-refractivity contribution in [2.75, 3.05) is 26.2 Å². The highest BCUT2D eigenvalue weighted by atomic mass is 35.5. The topological polar surface area (TPSA) is 49.9 Å². The molecule has 1 aliphatic rings. The lowest BCUT2D eigenvalue weighted by Crippen LogP contribution is -2.38. The SMILES string of the molecule is CC(C)Oc1ccc(C(=O)N2CCCN(C(=O)C(C)C)CC2)cc1Cl. The van der Waals surface area contributed by atoms with Crippen molar-refractivity contribution in [2.45, 2.75) is 40.2 Å². The molecule has 1 aromatic carbocycles. The van der Waals surface area contributed by atoms with Crippen molar-refractivity contribution in [1.29, 1.82) is 0 Å². The van der Waals surface area contributed by atoms with Crippen LogP contribution in [0.3, 0.4) is 0 Å². The number of ether oxygens (including phenoxy) is 1. The quantitative estimate of drug-likeness (QED) is 0.820. The monoisotopic (exact) mass is 366 g/mol. The van der Waals surface area contributed by atoms with Crippen LogP contribution in [-0.4, -0.2) is 53.9 Å². The van der Waals surface area contributed by atoms with E-state index >= 15 is 0 Å². The smallest absolute Gasteiger partial charge is 0.253 e.